The second kappa shape index (κ2) is 26.7. The fraction of sp³-hybridized carbons (Fsp3) is 0.609. The summed E-state index contributed by atoms with van der Waals surface area (Å²) < 4.78 is 0. The van der Waals surface area contributed by atoms with Crippen LogP contribution in [0, 0.1) is 50.0 Å². The molecule has 0 heterocycles. The van der Waals surface area contributed by atoms with E-state index in [0.29, 0.717) is 0 Å². The number of rotatable bonds is 22. The van der Waals surface area contributed by atoms with E-state index in [1.54, 1.807) is 21.5 Å². The molecular weight excluding hydrogens is 628 g/mol. The van der Waals surface area contributed by atoms with Crippen LogP contribution < -0.4 is 10.4 Å². The molecule has 0 bridgehead atoms. The van der Waals surface area contributed by atoms with Crippen molar-refractivity contribution in [1.29, 1.82) is 0 Å². The van der Waals surface area contributed by atoms with E-state index >= 15 is 0 Å². The van der Waals surface area contributed by atoms with Crippen LogP contribution >= 0.6 is 0 Å². The first kappa shape index (κ1) is 49.1. The Hall–Kier alpha value is -1.02. The molecule has 0 aliphatic heterocycles. The van der Waals surface area contributed by atoms with E-state index in [4.69, 9.17) is 0 Å². The largest absolute Gasteiger partial charge is 4.00 e. The van der Waals surface area contributed by atoms with Crippen LogP contribution in [0.2, 0.25) is 5.04 Å². The summed E-state index contributed by atoms with van der Waals surface area (Å²) in [5, 5.41) is 3.73. The summed E-state index contributed by atoms with van der Waals surface area (Å²) >= 11 is 0. The Kier molecular flexibility index (Phi) is 27.4. The van der Waals surface area contributed by atoms with Gasteiger partial charge in [0.05, 0.1) is 8.80 Å². The number of benzene rings is 1. The molecule has 2 aromatic carbocycles. The molecule has 0 nitrogen and oxygen atoms in total. The summed E-state index contributed by atoms with van der Waals surface area (Å²) in [5.41, 5.74) is 9.30. The first-order chi connectivity index (χ1) is 21.4. The van der Waals surface area contributed by atoms with E-state index < -0.39 is 8.80 Å². The second-order valence-corrected chi connectivity index (χ2v) is 17.7. The molecule has 1 aliphatic carbocycles. The van der Waals surface area contributed by atoms with Crippen LogP contribution in [-0.4, -0.2) is 8.80 Å². The van der Waals surface area contributed by atoms with Crippen molar-refractivity contribution in [1.82, 2.24) is 0 Å². The predicted octanol–water partition coefficient (Wildman–Crippen LogP) is 13.4. The van der Waals surface area contributed by atoms with Crippen molar-refractivity contribution in [3.8, 4) is 0 Å². The van der Waals surface area contributed by atoms with Crippen molar-refractivity contribution in [2.24, 2.45) is 0 Å². The quantitative estimate of drug-likeness (QED) is 0.0650. The Balaban J connectivity index is 0. The van der Waals surface area contributed by atoms with Crippen LogP contribution in [0.3, 0.4) is 0 Å². The second-order valence-electron chi connectivity index (χ2n) is 14.4. The Morgan fingerprint density at radius 3 is 1.38 bits per heavy atom. The number of hydrogen-bond acceptors (Lipinski definition) is 0. The van der Waals surface area contributed by atoms with Gasteiger partial charge in [0.25, 0.3) is 0 Å². The summed E-state index contributed by atoms with van der Waals surface area (Å²) in [6, 6.07) is 7.71. The molecule has 1 aliphatic rings. The zero-order valence-electron chi connectivity index (χ0n) is 33.8. The fourth-order valence-corrected chi connectivity index (χ4v) is 12.9. The van der Waals surface area contributed by atoms with E-state index in [0.717, 1.165) is 12.8 Å². The van der Waals surface area contributed by atoms with Crippen molar-refractivity contribution in [2.45, 2.75) is 182 Å². The topological polar surface area (TPSA) is 0 Å². The molecule has 270 valence electrons. The first-order valence-electron chi connectivity index (χ1n) is 19.1. The van der Waals surface area contributed by atoms with Crippen molar-refractivity contribution >= 4 is 19.2 Å². The van der Waals surface area contributed by atoms with Crippen LogP contribution in [0.4, 0.5) is 0 Å². The van der Waals surface area contributed by atoms with Gasteiger partial charge in [0.2, 0.25) is 0 Å². The number of allylic oxidation sites excluding steroid dienone is 4. The van der Waals surface area contributed by atoms with Crippen molar-refractivity contribution in [2.75, 3.05) is 0 Å². The third kappa shape index (κ3) is 14.3. The standard InChI is InChI=1S/C43H69Si.3CH3.Ti/c1-8-11-12-13-14-15-16-17-18-19-20-21-22-23-24-26-29-43(30-27-25-28-31-43)44(42-37(6)35(4)36(5)38(42)7)41-33-39(9-2)32-40(10-3)34-41;;;;/h25,27-28,30,32-34,44H,8-24,26,29,31H2,1-7H3;3*1H3;/q4*-1;+4. The molecule has 3 rings (SSSR count). The van der Waals surface area contributed by atoms with Crippen molar-refractivity contribution < 1.29 is 21.7 Å². The third-order valence-electron chi connectivity index (χ3n) is 11.3. The van der Waals surface area contributed by atoms with Gasteiger partial charge in [0, 0.05) is 0 Å². The van der Waals surface area contributed by atoms with Crippen molar-refractivity contribution in [3.05, 3.63) is 98.2 Å². The van der Waals surface area contributed by atoms with Crippen LogP contribution in [0.15, 0.2) is 42.5 Å². The minimum Gasteiger partial charge on any atom is -0.358 e. The molecular formula is C46H78SiTi. The summed E-state index contributed by atoms with van der Waals surface area (Å²) in [6.45, 7) is 16.6. The number of unbranched alkanes of at least 4 members (excludes halogenated alkanes) is 15. The average Bonchev–Trinajstić information content (AvgIpc) is 3.23. The Bertz CT molecular complexity index is 1120. The summed E-state index contributed by atoms with van der Waals surface area (Å²) in [6.07, 6.45) is 37.6. The SMILES string of the molecule is CCCCCCCCCCCCCCCCCCC1([SiH](c2cc(CC)cc(CC)c2)[c-]2c(C)c(C)c(C)c2C)C=CC=CC1.[CH3-].[CH3-].[CH3-].[Ti+4]. The van der Waals surface area contributed by atoms with E-state index in [2.05, 4.69) is 91.0 Å². The van der Waals surface area contributed by atoms with E-state index in [-0.39, 0.29) is 49.0 Å². The van der Waals surface area contributed by atoms with E-state index in [1.807, 2.05) is 0 Å². The molecule has 2 unspecified atom stereocenters. The molecule has 2 aromatic rings. The monoisotopic (exact) mass is 707 g/mol. The predicted molar refractivity (Wildman–Crippen MR) is 222 cm³/mol. The zero-order valence-corrected chi connectivity index (χ0v) is 36.5. The molecule has 0 saturated carbocycles. The molecule has 2 heteroatoms. The smallest absolute Gasteiger partial charge is 0.358 e. The molecule has 0 radical (unpaired) electrons. The molecule has 0 spiro atoms. The first-order valence-corrected chi connectivity index (χ1v) is 20.8. The third-order valence-corrected chi connectivity index (χ3v) is 15.6. The van der Waals surface area contributed by atoms with Crippen LogP contribution in [0.5, 0.6) is 0 Å². The van der Waals surface area contributed by atoms with Gasteiger partial charge in [-0.1, -0.05) is 199 Å². The van der Waals surface area contributed by atoms with Crippen LogP contribution in [-0.2, 0) is 34.6 Å². The maximum atomic E-state index is 2.68. The minimum atomic E-state index is -1.57. The normalized spacial score (nSPS) is 15.6. The molecule has 0 aromatic heterocycles. The molecule has 0 amide bonds. The summed E-state index contributed by atoms with van der Waals surface area (Å²) in [4.78, 5) is 0. The number of aryl methyl sites for hydroxylation is 2. The van der Waals surface area contributed by atoms with Gasteiger partial charge in [-0.05, 0) is 41.8 Å². The fourth-order valence-electron chi connectivity index (χ4n) is 8.06. The molecule has 0 N–H and O–H groups in total. The Labute approximate surface area is 319 Å². The van der Waals surface area contributed by atoms with Crippen LogP contribution in [0.1, 0.15) is 170 Å². The van der Waals surface area contributed by atoms with Gasteiger partial charge in [-0.3, -0.25) is 0 Å². The minimum absolute atomic E-state index is 0. The van der Waals surface area contributed by atoms with E-state index in [9.17, 15) is 0 Å². The maximum absolute atomic E-state index is 2.68. The van der Waals surface area contributed by atoms with Crippen LogP contribution in [0.25, 0.3) is 0 Å². The van der Waals surface area contributed by atoms with E-state index in [1.165, 1.54) is 138 Å². The average molecular weight is 707 g/mol. The van der Waals surface area contributed by atoms with Gasteiger partial charge >= 0.3 is 21.7 Å². The van der Waals surface area contributed by atoms with Gasteiger partial charge in [-0.2, -0.15) is 27.4 Å². The molecule has 48 heavy (non-hydrogen) atoms. The molecule has 0 fully saturated rings. The molecule has 2 atom stereocenters. The maximum Gasteiger partial charge on any atom is 4.00 e. The number of hydrogen-bond donors (Lipinski definition) is 0. The zero-order chi connectivity index (χ0) is 31.8. The van der Waals surface area contributed by atoms with Gasteiger partial charge in [0.1, 0.15) is 0 Å². The Morgan fingerprint density at radius 2 is 1.00 bits per heavy atom. The molecule has 0 saturated heterocycles. The summed E-state index contributed by atoms with van der Waals surface area (Å²) in [7, 11) is -1.57. The van der Waals surface area contributed by atoms with Gasteiger partial charge in [0.15, 0.2) is 0 Å². The Morgan fingerprint density at radius 1 is 0.583 bits per heavy atom. The van der Waals surface area contributed by atoms with Crippen molar-refractivity contribution in [3.63, 3.8) is 0 Å². The van der Waals surface area contributed by atoms with Gasteiger partial charge < -0.3 is 22.3 Å². The van der Waals surface area contributed by atoms with Gasteiger partial charge in [-0.25, -0.2) is 0 Å². The van der Waals surface area contributed by atoms with Gasteiger partial charge in [-0.15, -0.1) is 0 Å². The summed E-state index contributed by atoms with van der Waals surface area (Å²) in [5.74, 6) is 0.